The van der Waals surface area contributed by atoms with Crippen LogP contribution in [0.3, 0.4) is 0 Å². The summed E-state index contributed by atoms with van der Waals surface area (Å²) in [5.74, 6) is 2.24. The van der Waals surface area contributed by atoms with Crippen molar-refractivity contribution in [3.05, 3.63) is 166 Å². The third-order valence-corrected chi connectivity index (χ3v) is 14.1. The summed E-state index contributed by atoms with van der Waals surface area (Å²) in [6.07, 6.45) is 18.5. The van der Waals surface area contributed by atoms with Crippen LogP contribution in [-0.2, 0) is 30.7 Å². The molecule has 0 aliphatic heterocycles. The predicted octanol–water partition coefficient (Wildman–Crippen LogP) is 13.6. The van der Waals surface area contributed by atoms with Gasteiger partial charge in [-0.2, -0.15) is 53.6 Å². The molecule has 1 saturated carbocycles. The Morgan fingerprint density at radius 3 is 2.10 bits per heavy atom. The number of hydrogen-bond donors (Lipinski definition) is 0. The Morgan fingerprint density at radius 1 is 0.863 bits per heavy atom. The minimum Gasteiger partial charge on any atom is -0.273 e. The van der Waals surface area contributed by atoms with E-state index in [4.69, 9.17) is 11.6 Å². The van der Waals surface area contributed by atoms with Crippen LogP contribution in [0.15, 0.2) is 126 Å². The smallest absolute Gasteiger partial charge is 0.109 e. The normalized spacial score (nSPS) is 23.1. The van der Waals surface area contributed by atoms with Crippen LogP contribution in [0.4, 0.5) is 0 Å². The van der Waals surface area contributed by atoms with Crippen molar-refractivity contribution in [1.82, 2.24) is 0 Å². The summed E-state index contributed by atoms with van der Waals surface area (Å²) in [4.78, 5) is 0. The van der Waals surface area contributed by atoms with Gasteiger partial charge in [0.2, 0.25) is 0 Å². The maximum atomic E-state index is 5.71. The van der Waals surface area contributed by atoms with Crippen molar-refractivity contribution in [2.45, 2.75) is 81.1 Å². The van der Waals surface area contributed by atoms with Crippen LogP contribution in [0, 0.1) is 45.6 Å². The molecule has 5 aliphatic carbocycles. The molecule has 0 heterocycles. The van der Waals surface area contributed by atoms with E-state index in [1.165, 1.54) is 53.8 Å². The molecule has 3 aromatic carbocycles. The van der Waals surface area contributed by atoms with Crippen molar-refractivity contribution >= 4 is 45.7 Å². The first-order valence-corrected chi connectivity index (χ1v) is 19.6. The Kier molecular flexibility index (Phi) is 15.1. The van der Waals surface area contributed by atoms with E-state index in [9.17, 15) is 0 Å². The Hall–Kier alpha value is -2.15. The average Bonchev–Trinajstić information content (AvgIpc) is 3.81. The quantitative estimate of drug-likeness (QED) is 0.215. The predicted molar refractivity (Wildman–Crippen MR) is 222 cm³/mol. The summed E-state index contributed by atoms with van der Waals surface area (Å²) in [6, 6.07) is 29.5. The standard InChI is InChI=1S/C29H37.C7H5Cl.C6H5.C5H5.2ClH.Zr/c1-18-25-22-17-19-13-9-10-14-20(19)24(22)21-15-11-12-16-23(21)29(25,8)28(6,7)27(4,5)26(18,2)3;1-6-3-2-4-7(8)5-6;1-2-4-6-5-3-1;1-2-4-5-3-1;;;/h9-11,13-15,23H,12,16-17H2,1-8H3;1-5H;1-5H;1-3H,4H2;2*1H;/q-1;;2*-1;;;. The zero-order valence-corrected chi connectivity index (χ0v) is 36.4. The maximum absolute atomic E-state index is 5.71. The second-order valence-corrected chi connectivity index (χ2v) is 16.7. The molecule has 0 spiro atoms. The maximum Gasteiger partial charge on any atom is -0.109 e. The van der Waals surface area contributed by atoms with Gasteiger partial charge >= 0.3 is 74.4 Å². The second-order valence-electron chi connectivity index (χ2n) is 15.5. The minimum absolute atomic E-state index is 0. The van der Waals surface area contributed by atoms with Gasteiger partial charge in [-0.1, -0.05) is 113 Å². The largest absolute Gasteiger partial charge is 0.273 e. The number of fused-ring (bicyclic) bond motifs is 6. The van der Waals surface area contributed by atoms with Gasteiger partial charge in [-0.25, -0.2) is 18.1 Å². The number of rotatable bonds is 1. The molecule has 51 heavy (non-hydrogen) atoms. The molecule has 2 unspecified atom stereocenters. The third kappa shape index (κ3) is 8.04. The Morgan fingerprint density at radius 2 is 1.57 bits per heavy atom. The van der Waals surface area contributed by atoms with Crippen molar-refractivity contribution < 1.29 is 24.2 Å². The Balaban J connectivity index is 0.000000259. The van der Waals surface area contributed by atoms with Gasteiger partial charge in [0.05, 0.1) is 0 Å². The molecule has 270 valence electrons. The fourth-order valence-corrected chi connectivity index (χ4v) is 9.49. The van der Waals surface area contributed by atoms with E-state index < -0.39 is 0 Å². The van der Waals surface area contributed by atoms with Crippen LogP contribution in [-0.4, -0.2) is 3.71 Å². The van der Waals surface area contributed by atoms with Crippen LogP contribution < -0.4 is 0 Å². The molecule has 5 aliphatic rings. The zero-order chi connectivity index (χ0) is 35.5. The molecular weight excluding hydrogens is 762 g/mol. The van der Waals surface area contributed by atoms with Crippen molar-refractivity contribution in [2.75, 3.05) is 0 Å². The molecule has 2 atom stereocenters. The molecule has 0 radical (unpaired) electrons. The van der Waals surface area contributed by atoms with Gasteiger partial charge < -0.3 is 0 Å². The zero-order valence-electron chi connectivity index (χ0n) is 31.6. The molecular formula is C47H54Cl3Zr-3. The number of hydrogen-bond acceptors (Lipinski definition) is 0. The second kappa shape index (κ2) is 17.8. The number of benzene rings is 3. The Bertz CT molecular complexity index is 1770. The van der Waals surface area contributed by atoms with Gasteiger partial charge in [-0.3, -0.25) is 6.08 Å². The third-order valence-electron chi connectivity index (χ3n) is 13.0. The SMILES string of the molecule is C[C-]1C2=C3Cc4ccccc4C3=C3C=CCCC3C2(C)C(C)(C)C(C)(C)C1(C)C.Cl.Cl.Clc1cccc([CH]=[Zr])c1.[C-]1=CC=CC1.[c-]1ccccc1. The van der Waals surface area contributed by atoms with Crippen LogP contribution in [0.25, 0.3) is 5.57 Å². The van der Waals surface area contributed by atoms with Crippen molar-refractivity contribution in [1.29, 1.82) is 0 Å². The van der Waals surface area contributed by atoms with Crippen molar-refractivity contribution in [3.63, 3.8) is 0 Å². The van der Waals surface area contributed by atoms with Gasteiger partial charge in [-0.05, 0) is 40.6 Å². The van der Waals surface area contributed by atoms with Crippen molar-refractivity contribution in [3.8, 4) is 0 Å². The van der Waals surface area contributed by atoms with Crippen LogP contribution in [0.5, 0.6) is 0 Å². The van der Waals surface area contributed by atoms with Gasteiger partial charge in [0, 0.05) is 0 Å². The first kappa shape index (κ1) is 43.3. The summed E-state index contributed by atoms with van der Waals surface area (Å²) in [7, 11) is 0. The van der Waals surface area contributed by atoms with E-state index in [2.05, 4.69) is 114 Å². The van der Waals surface area contributed by atoms with E-state index in [0.717, 1.165) is 17.9 Å². The summed E-state index contributed by atoms with van der Waals surface area (Å²) in [5.41, 5.74) is 11.5. The number of allylic oxidation sites excluding steroid dienone is 10. The average molecular weight is 817 g/mol. The van der Waals surface area contributed by atoms with E-state index in [0.29, 0.717) is 5.92 Å². The fourth-order valence-electron chi connectivity index (χ4n) is 8.85. The molecule has 4 heteroatoms. The monoisotopic (exact) mass is 813 g/mol. The van der Waals surface area contributed by atoms with Crippen LogP contribution in [0.2, 0.25) is 5.02 Å². The van der Waals surface area contributed by atoms with Crippen molar-refractivity contribution in [2.24, 2.45) is 27.6 Å². The van der Waals surface area contributed by atoms with Crippen LogP contribution >= 0.6 is 36.4 Å². The van der Waals surface area contributed by atoms with E-state index >= 15 is 0 Å². The first-order chi connectivity index (χ1) is 23.3. The number of halogens is 3. The van der Waals surface area contributed by atoms with E-state index in [1.807, 2.05) is 66.7 Å². The van der Waals surface area contributed by atoms with E-state index in [-0.39, 0.29) is 46.5 Å². The molecule has 0 N–H and O–H groups in total. The topological polar surface area (TPSA) is 0 Å². The van der Waals surface area contributed by atoms with E-state index in [1.54, 1.807) is 28.2 Å². The fraction of sp³-hybridized carbons (Fsp3) is 0.362. The molecule has 0 amide bonds. The molecule has 1 fully saturated rings. The molecule has 0 saturated heterocycles. The molecule has 3 aromatic rings. The summed E-state index contributed by atoms with van der Waals surface area (Å²) in [6.45, 7) is 20.3. The molecule has 8 rings (SSSR count). The Labute approximate surface area is 341 Å². The summed E-state index contributed by atoms with van der Waals surface area (Å²) < 4.78 is 2.11. The summed E-state index contributed by atoms with van der Waals surface area (Å²) in [5, 5.41) is 0.811. The molecule has 0 bridgehead atoms. The minimum atomic E-state index is 0. The van der Waals surface area contributed by atoms with Gasteiger partial charge in [0.25, 0.3) is 0 Å². The summed E-state index contributed by atoms with van der Waals surface area (Å²) >= 11 is 7.12. The molecule has 0 aromatic heterocycles. The van der Waals surface area contributed by atoms with Gasteiger partial charge in [-0.15, -0.1) is 38.2 Å². The first-order valence-electron chi connectivity index (χ1n) is 17.8. The molecule has 0 nitrogen and oxygen atoms in total. The van der Waals surface area contributed by atoms with Gasteiger partial charge in [0.15, 0.2) is 0 Å². The van der Waals surface area contributed by atoms with Crippen LogP contribution in [0.1, 0.15) is 91.3 Å². The van der Waals surface area contributed by atoms with Gasteiger partial charge in [0.1, 0.15) is 0 Å².